The van der Waals surface area contributed by atoms with Crippen molar-refractivity contribution in [1.82, 2.24) is 14.6 Å². The second-order valence-electron chi connectivity index (χ2n) is 5.47. The Morgan fingerprint density at radius 2 is 2.00 bits per heavy atom. The van der Waals surface area contributed by atoms with Crippen LogP contribution in [0.5, 0.6) is 0 Å². The topological polar surface area (TPSA) is 99.3 Å². The molecular weight excluding hydrogens is 250 g/mol. The van der Waals surface area contributed by atoms with Gasteiger partial charge in [-0.05, 0) is 11.8 Å². The summed E-state index contributed by atoms with van der Waals surface area (Å²) in [5, 5.41) is 5.12. The molecule has 0 amide bonds. The summed E-state index contributed by atoms with van der Waals surface area (Å²) in [6, 6.07) is 0. The van der Waals surface area contributed by atoms with Crippen molar-refractivity contribution in [1.29, 1.82) is 0 Å². The monoisotopic (exact) mass is 267 g/mol. The van der Waals surface area contributed by atoms with Crippen LogP contribution >= 0.6 is 11.3 Å². The standard InChI is InChI=1S/C11H17N5OS/c1-11(2,3)5-4-6-15-16-9(17)7(12)8(13)14-10(16)18-6/h4-5,12-13H2,1-3H3. The number of nitrogens with zero attached hydrogens (tertiary/aromatic N) is 3. The van der Waals surface area contributed by atoms with E-state index in [9.17, 15) is 4.79 Å². The lowest BCUT2D eigenvalue weighted by Crippen LogP contribution is -2.21. The van der Waals surface area contributed by atoms with Crippen LogP contribution in [0.3, 0.4) is 0 Å². The number of aromatic nitrogens is 3. The van der Waals surface area contributed by atoms with Crippen molar-refractivity contribution < 1.29 is 0 Å². The third kappa shape index (κ3) is 2.45. The Kier molecular flexibility index (Phi) is 3.02. The summed E-state index contributed by atoms with van der Waals surface area (Å²) < 4.78 is 1.23. The molecular formula is C11H17N5OS. The minimum Gasteiger partial charge on any atom is -0.391 e. The smallest absolute Gasteiger partial charge is 0.300 e. The van der Waals surface area contributed by atoms with Crippen LogP contribution in [0.1, 0.15) is 32.2 Å². The molecule has 2 aromatic rings. The van der Waals surface area contributed by atoms with Crippen molar-refractivity contribution in [3.63, 3.8) is 0 Å². The van der Waals surface area contributed by atoms with Crippen LogP contribution in [0.25, 0.3) is 4.96 Å². The molecule has 2 rings (SSSR count). The summed E-state index contributed by atoms with van der Waals surface area (Å²) in [6.45, 7) is 6.50. The van der Waals surface area contributed by atoms with E-state index in [0.717, 1.165) is 17.8 Å². The maximum absolute atomic E-state index is 11.8. The maximum Gasteiger partial charge on any atom is 0.300 e. The van der Waals surface area contributed by atoms with Crippen LogP contribution in [-0.2, 0) is 6.42 Å². The predicted molar refractivity (Wildman–Crippen MR) is 73.7 cm³/mol. The molecule has 0 unspecified atom stereocenters. The summed E-state index contributed by atoms with van der Waals surface area (Å²) in [6.07, 6.45) is 1.81. The average molecular weight is 267 g/mol. The zero-order valence-electron chi connectivity index (χ0n) is 10.7. The number of anilines is 2. The number of hydrogen-bond acceptors (Lipinski definition) is 6. The van der Waals surface area contributed by atoms with Gasteiger partial charge in [-0.25, -0.2) is 0 Å². The summed E-state index contributed by atoms with van der Waals surface area (Å²) in [5.74, 6) is 0.0750. The fraction of sp³-hybridized carbons (Fsp3) is 0.545. The highest BCUT2D eigenvalue weighted by molar-refractivity contribution is 7.16. The molecule has 7 heteroatoms. The normalized spacial score (nSPS) is 12.2. The van der Waals surface area contributed by atoms with Gasteiger partial charge < -0.3 is 11.5 Å². The molecule has 0 aliphatic carbocycles. The Morgan fingerprint density at radius 3 is 2.61 bits per heavy atom. The van der Waals surface area contributed by atoms with E-state index in [2.05, 4.69) is 30.9 Å². The van der Waals surface area contributed by atoms with E-state index in [4.69, 9.17) is 11.5 Å². The molecule has 0 aliphatic heterocycles. The van der Waals surface area contributed by atoms with E-state index in [1.807, 2.05) is 0 Å². The first kappa shape index (κ1) is 12.8. The lowest BCUT2D eigenvalue weighted by molar-refractivity contribution is 0.377. The molecule has 6 nitrogen and oxygen atoms in total. The lowest BCUT2D eigenvalue weighted by Gasteiger charge is -2.16. The van der Waals surface area contributed by atoms with Gasteiger partial charge in [0.25, 0.3) is 0 Å². The third-order valence-electron chi connectivity index (χ3n) is 2.61. The first-order valence-electron chi connectivity index (χ1n) is 5.71. The lowest BCUT2D eigenvalue weighted by atomic mass is 9.91. The van der Waals surface area contributed by atoms with Crippen molar-refractivity contribution >= 4 is 27.8 Å². The number of rotatable bonds is 2. The molecule has 2 aromatic heterocycles. The number of aryl methyl sites for hydroxylation is 1. The fourth-order valence-electron chi connectivity index (χ4n) is 1.50. The van der Waals surface area contributed by atoms with Crippen LogP contribution in [-0.4, -0.2) is 14.6 Å². The Balaban J connectivity index is 2.39. The van der Waals surface area contributed by atoms with Gasteiger partial charge in [0.05, 0.1) is 0 Å². The summed E-state index contributed by atoms with van der Waals surface area (Å²) in [5.41, 5.74) is 10.9. The van der Waals surface area contributed by atoms with Gasteiger partial charge in [-0.15, -0.1) is 0 Å². The second-order valence-corrected chi connectivity index (χ2v) is 6.51. The SMILES string of the molecule is CC(C)(C)CCc1nn2c(=O)c(N)c(N)nc2s1. The largest absolute Gasteiger partial charge is 0.391 e. The molecule has 0 aliphatic rings. The Labute approximate surface area is 109 Å². The van der Waals surface area contributed by atoms with Crippen molar-refractivity contribution in [2.75, 3.05) is 11.5 Å². The van der Waals surface area contributed by atoms with E-state index in [1.165, 1.54) is 15.9 Å². The summed E-state index contributed by atoms with van der Waals surface area (Å²) in [4.78, 5) is 16.4. The van der Waals surface area contributed by atoms with E-state index in [1.54, 1.807) is 0 Å². The van der Waals surface area contributed by atoms with Gasteiger partial charge in [-0.3, -0.25) is 4.79 Å². The van der Waals surface area contributed by atoms with Crippen molar-refractivity contribution in [2.24, 2.45) is 5.41 Å². The number of nitrogen functional groups attached to an aromatic ring is 2. The predicted octanol–water partition coefficient (Wildman–Crippen LogP) is 1.29. The van der Waals surface area contributed by atoms with Crippen molar-refractivity contribution in [3.8, 4) is 0 Å². The Hall–Kier alpha value is -1.63. The van der Waals surface area contributed by atoms with Gasteiger partial charge in [-0.1, -0.05) is 32.1 Å². The maximum atomic E-state index is 11.8. The molecule has 18 heavy (non-hydrogen) atoms. The number of nitrogens with two attached hydrogens (primary N) is 2. The highest BCUT2D eigenvalue weighted by Gasteiger charge is 2.15. The summed E-state index contributed by atoms with van der Waals surface area (Å²) in [7, 11) is 0. The minimum absolute atomic E-state index is 0.0415. The molecule has 0 aromatic carbocycles. The van der Waals surface area contributed by atoms with Crippen molar-refractivity contribution in [3.05, 3.63) is 15.4 Å². The molecule has 0 bridgehead atoms. The Morgan fingerprint density at radius 1 is 1.33 bits per heavy atom. The van der Waals surface area contributed by atoms with E-state index in [0.29, 0.717) is 4.96 Å². The van der Waals surface area contributed by atoms with E-state index in [-0.39, 0.29) is 16.9 Å². The molecule has 0 spiro atoms. The van der Waals surface area contributed by atoms with Gasteiger partial charge in [0.15, 0.2) is 5.82 Å². The number of fused-ring (bicyclic) bond motifs is 1. The third-order valence-corrected chi connectivity index (χ3v) is 3.57. The van der Waals surface area contributed by atoms with Gasteiger partial charge in [0.1, 0.15) is 10.7 Å². The quantitative estimate of drug-likeness (QED) is 0.854. The highest BCUT2D eigenvalue weighted by atomic mass is 32.1. The molecule has 0 saturated heterocycles. The molecule has 2 heterocycles. The van der Waals surface area contributed by atoms with Crippen LogP contribution in [0.15, 0.2) is 4.79 Å². The van der Waals surface area contributed by atoms with Gasteiger partial charge >= 0.3 is 5.56 Å². The zero-order chi connectivity index (χ0) is 13.5. The van der Waals surface area contributed by atoms with Gasteiger partial charge in [-0.2, -0.15) is 14.6 Å². The molecule has 98 valence electrons. The van der Waals surface area contributed by atoms with Crippen LogP contribution in [0.2, 0.25) is 0 Å². The zero-order valence-corrected chi connectivity index (χ0v) is 11.5. The summed E-state index contributed by atoms with van der Waals surface area (Å²) >= 11 is 1.38. The molecule has 0 saturated carbocycles. The first-order chi connectivity index (χ1) is 8.28. The minimum atomic E-state index is -0.393. The molecule has 4 N–H and O–H groups in total. The van der Waals surface area contributed by atoms with Gasteiger partial charge in [0, 0.05) is 6.42 Å². The second kappa shape index (κ2) is 4.24. The van der Waals surface area contributed by atoms with Crippen LogP contribution in [0, 0.1) is 5.41 Å². The highest BCUT2D eigenvalue weighted by Crippen LogP contribution is 2.23. The Bertz CT molecular complexity index is 637. The average Bonchev–Trinajstić information content (AvgIpc) is 2.66. The van der Waals surface area contributed by atoms with Crippen molar-refractivity contribution in [2.45, 2.75) is 33.6 Å². The molecule has 0 radical (unpaired) electrons. The fourth-order valence-corrected chi connectivity index (χ4v) is 2.39. The van der Waals surface area contributed by atoms with E-state index < -0.39 is 5.56 Å². The van der Waals surface area contributed by atoms with E-state index >= 15 is 0 Å². The van der Waals surface area contributed by atoms with Gasteiger partial charge in [0.2, 0.25) is 4.96 Å². The van der Waals surface area contributed by atoms with Crippen LogP contribution in [0.4, 0.5) is 11.5 Å². The molecule has 0 fully saturated rings. The van der Waals surface area contributed by atoms with Crippen LogP contribution < -0.4 is 17.0 Å². The number of hydrogen-bond donors (Lipinski definition) is 2. The first-order valence-corrected chi connectivity index (χ1v) is 6.53. The molecule has 0 atom stereocenters.